The Balaban J connectivity index is 1.65. The van der Waals surface area contributed by atoms with E-state index in [9.17, 15) is 9.59 Å². The predicted molar refractivity (Wildman–Crippen MR) is 80.4 cm³/mol. The fourth-order valence-electron chi connectivity index (χ4n) is 2.49. The summed E-state index contributed by atoms with van der Waals surface area (Å²) in [5, 5.41) is 8.90. The Hall–Kier alpha value is -2.15. The van der Waals surface area contributed by atoms with Crippen LogP contribution in [0.1, 0.15) is 29.1 Å². The van der Waals surface area contributed by atoms with Crippen LogP contribution in [-0.4, -0.2) is 39.6 Å². The van der Waals surface area contributed by atoms with Crippen molar-refractivity contribution in [3.8, 4) is 0 Å². The molecule has 2 aromatic rings. The highest BCUT2D eigenvalue weighted by Gasteiger charge is 2.28. The molecule has 0 unspecified atom stereocenters. The maximum Gasteiger partial charge on any atom is 0.263 e. The molecular weight excluding hydrogens is 288 g/mol. The van der Waals surface area contributed by atoms with Crippen molar-refractivity contribution >= 4 is 29.0 Å². The van der Waals surface area contributed by atoms with E-state index in [1.807, 2.05) is 33.3 Å². The number of anilines is 1. The lowest BCUT2D eigenvalue weighted by atomic mass is 10.3. The third kappa shape index (κ3) is 2.97. The van der Waals surface area contributed by atoms with Gasteiger partial charge in [-0.25, -0.2) is 0 Å². The number of nitrogens with zero attached hydrogens (tertiary/aromatic N) is 3. The van der Waals surface area contributed by atoms with Gasteiger partial charge in [-0.3, -0.25) is 14.3 Å². The summed E-state index contributed by atoms with van der Waals surface area (Å²) in [6.07, 6.45) is 2.72. The van der Waals surface area contributed by atoms with Gasteiger partial charge in [0.1, 0.15) is 0 Å². The Kier molecular flexibility index (Phi) is 3.74. The highest BCUT2D eigenvalue weighted by Crippen LogP contribution is 2.24. The second-order valence-corrected chi connectivity index (χ2v) is 5.98. The molecule has 3 rings (SSSR count). The highest BCUT2D eigenvalue weighted by molar-refractivity contribution is 7.12. The molecule has 1 aliphatic heterocycles. The fraction of sp³-hybridized carbons (Fsp3) is 0.357. The van der Waals surface area contributed by atoms with Gasteiger partial charge in [-0.05, 0) is 17.9 Å². The van der Waals surface area contributed by atoms with Crippen molar-refractivity contribution in [2.75, 3.05) is 18.4 Å². The molecule has 21 heavy (non-hydrogen) atoms. The second kappa shape index (κ2) is 5.69. The molecule has 1 N–H and O–H groups in total. The summed E-state index contributed by atoms with van der Waals surface area (Å²) in [6, 6.07) is 5.67. The average Bonchev–Trinajstić information content (AvgIpc) is 3.18. The van der Waals surface area contributed by atoms with Gasteiger partial charge in [0.05, 0.1) is 10.9 Å². The van der Waals surface area contributed by atoms with Crippen molar-refractivity contribution in [2.45, 2.75) is 19.4 Å². The normalized spacial score (nSPS) is 18.0. The van der Waals surface area contributed by atoms with E-state index in [4.69, 9.17) is 0 Å². The molecule has 110 valence electrons. The third-order valence-corrected chi connectivity index (χ3v) is 4.33. The van der Waals surface area contributed by atoms with E-state index in [-0.39, 0.29) is 17.9 Å². The van der Waals surface area contributed by atoms with Crippen molar-refractivity contribution in [1.82, 2.24) is 14.7 Å². The van der Waals surface area contributed by atoms with Crippen molar-refractivity contribution < 1.29 is 9.59 Å². The van der Waals surface area contributed by atoms with Crippen molar-refractivity contribution in [3.05, 3.63) is 34.7 Å². The Morgan fingerprint density at radius 2 is 2.29 bits per heavy atom. The van der Waals surface area contributed by atoms with Gasteiger partial charge in [0, 0.05) is 32.3 Å². The Labute approximate surface area is 126 Å². The maximum atomic E-state index is 12.3. The Bertz CT molecular complexity index is 650. The Morgan fingerprint density at radius 3 is 3.00 bits per heavy atom. The van der Waals surface area contributed by atoms with E-state index in [1.54, 1.807) is 6.07 Å². The first-order chi connectivity index (χ1) is 10.1. The maximum absolute atomic E-state index is 12.3. The van der Waals surface area contributed by atoms with Crippen LogP contribution in [0, 0.1) is 0 Å². The van der Waals surface area contributed by atoms with Gasteiger partial charge >= 0.3 is 0 Å². The van der Waals surface area contributed by atoms with Crippen molar-refractivity contribution in [1.29, 1.82) is 0 Å². The SMILES string of the molecule is CC(=O)Nc1ccn([C@H]2CCN(C(=O)c3cccs3)C2)n1. The van der Waals surface area contributed by atoms with E-state index in [0.29, 0.717) is 12.4 Å². The molecule has 0 radical (unpaired) electrons. The quantitative estimate of drug-likeness (QED) is 0.943. The van der Waals surface area contributed by atoms with Gasteiger partial charge in [0.15, 0.2) is 5.82 Å². The first kappa shape index (κ1) is 13.8. The lowest BCUT2D eigenvalue weighted by molar-refractivity contribution is -0.114. The molecule has 1 aliphatic rings. The molecule has 0 aromatic carbocycles. The van der Waals surface area contributed by atoms with E-state index in [2.05, 4.69) is 10.4 Å². The van der Waals surface area contributed by atoms with E-state index >= 15 is 0 Å². The van der Waals surface area contributed by atoms with Crippen LogP contribution in [0.4, 0.5) is 5.82 Å². The summed E-state index contributed by atoms with van der Waals surface area (Å²) in [4.78, 5) is 25.9. The number of hydrogen-bond donors (Lipinski definition) is 1. The van der Waals surface area contributed by atoms with Crippen molar-refractivity contribution in [3.63, 3.8) is 0 Å². The topological polar surface area (TPSA) is 67.2 Å². The lowest BCUT2D eigenvalue weighted by Gasteiger charge is -2.15. The largest absolute Gasteiger partial charge is 0.336 e. The van der Waals surface area contributed by atoms with E-state index in [1.165, 1.54) is 18.3 Å². The number of amides is 2. The van der Waals surface area contributed by atoms with Crippen LogP contribution in [0.5, 0.6) is 0 Å². The summed E-state index contributed by atoms with van der Waals surface area (Å²) in [5.41, 5.74) is 0. The highest BCUT2D eigenvalue weighted by atomic mass is 32.1. The minimum atomic E-state index is -0.138. The van der Waals surface area contributed by atoms with Gasteiger partial charge in [0.2, 0.25) is 5.91 Å². The average molecular weight is 304 g/mol. The monoisotopic (exact) mass is 304 g/mol. The standard InChI is InChI=1S/C14H16N4O2S/c1-10(19)15-13-5-7-18(16-13)11-4-6-17(9-11)14(20)12-3-2-8-21-12/h2-3,5,7-8,11H,4,6,9H2,1H3,(H,15,16,19)/t11-/m0/s1. The van der Waals surface area contributed by atoms with Crippen LogP contribution >= 0.6 is 11.3 Å². The lowest BCUT2D eigenvalue weighted by Crippen LogP contribution is -2.28. The molecule has 2 aromatic heterocycles. The van der Waals surface area contributed by atoms with Crippen LogP contribution in [0.2, 0.25) is 0 Å². The number of rotatable bonds is 3. The molecule has 0 spiro atoms. The molecule has 0 bridgehead atoms. The minimum Gasteiger partial charge on any atom is -0.336 e. The van der Waals surface area contributed by atoms with E-state index in [0.717, 1.165) is 17.8 Å². The molecule has 6 nitrogen and oxygen atoms in total. The van der Waals surface area contributed by atoms with E-state index < -0.39 is 0 Å². The number of hydrogen-bond acceptors (Lipinski definition) is 4. The first-order valence-corrected chi connectivity index (χ1v) is 7.67. The summed E-state index contributed by atoms with van der Waals surface area (Å²) in [6.45, 7) is 2.84. The molecule has 3 heterocycles. The van der Waals surface area contributed by atoms with Gasteiger partial charge < -0.3 is 10.2 Å². The number of carbonyl (C=O) groups is 2. The molecule has 2 amide bonds. The molecule has 1 atom stereocenters. The van der Waals surface area contributed by atoms with Crippen LogP contribution in [0.25, 0.3) is 0 Å². The van der Waals surface area contributed by atoms with Crippen LogP contribution < -0.4 is 5.32 Å². The number of likely N-dealkylation sites (tertiary alicyclic amines) is 1. The van der Waals surface area contributed by atoms with Crippen LogP contribution in [-0.2, 0) is 4.79 Å². The number of carbonyl (C=O) groups excluding carboxylic acids is 2. The number of thiophene rings is 1. The zero-order valence-electron chi connectivity index (χ0n) is 11.7. The summed E-state index contributed by atoms with van der Waals surface area (Å²) >= 11 is 1.46. The molecule has 0 saturated carbocycles. The number of aromatic nitrogens is 2. The predicted octanol–water partition coefficient (Wildman–Crippen LogP) is 1.99. The van der Waals surface area contributed by atoms with Gasteiger partial charge in [-0.15, -0.1) is 11.3 Å². The first-order valence-electron chi connectivity index (χ1n) is 6.79. The molecule has 1 saturated heterocycles. The number of nitrogens with one attached hydrogen (secondary N) is 1. The molecule has 7 heteroatoms. The minimum absolute atomic E-state index is 0.0849. The molecule has 1 fully saturated rings. The smallest absolute Gasteiger partial charge is 0.263 e. The molecule has 0 aliphatic carbocycles. The zero-order valence-corrected chi connectivity index (χ0v) is 12.5. The Morgan fingerprint density at radius 1 is 1.43 bits per heavy atom. The van der Waals surface area contributed by atoms with Gasteiger partial charge in [-0.1, -0.05) is 6.07 Å². The van der Waals surface area contributed by atoms with Gasteiger partial charge in [0.25, 0.3) is 5.91 Å². The van der Waals surface area contributed by atoms with Crippen molar-refractivity contribution in [2.24, 2.45) is 0 Å². The second-order valence-electron chi connectivity index (χ2n) is 5.03. The van der Waals surface area contributed by atoms with Crippen LogP contribution in [0.3, 0.4) is 0 Å². The molecular formula is C14H16N4O2S. The zero-order chi connectivity index (χ0) is 14.8. The fourth-order valence-corrected chi connectivity index (χ4v) is 3.18. The van der Waals surface area contributed by atoms with Crippen LogP contribution in [0.15, 0.2) is 29.8 Å². The summed E-state index contributed by atoms with van der Waals surface area (Å²) in [7, 11) is 0. The van der Waals surface area contributed by atoms with Gasteiger partial charge in [-0.2, -0.15) is 5.10 Å². The summed E-state index contributed by atoms with van der Waals surface area (Å²) in [5.74, 6) is 0.494. The third-order valence-electron chi connectivity index (χ3n) is 3.47. The summed E-state index contributed by atoms with van der Waals surface area (Å²) < 4.78 is 1.83.